The fourth-order valence-corrected chi connectivity index (χ4v) is 6.41. The van der Waals surface area contributed by atoms with E-state index in [4.69, 9.17) is 14.0 Å². The van der Waals surface area contributed by atoms with Gasteiger partial charge in [-0.1, -0.05) is 24.3 Å². The quantitative estimate of drug-likeness (QED) is 0.0938. The average molecular weight is 649 g/mol. The molecule has 5 rings (SSSR count). The van der Waals surface area contributed by atoms with E-state index in [9.17, 15) is 9.18 Å². The monoisotopic (exact) mass is 649 g/mol. The number of nitrogens with zero attached hydrogens (tertiary/aromatic N) is 1. The highest BCUT2D eigenvalue weighted by Gasteiger charge is 2.28. The largest absolute Gasteiger partial charge is 0.488 e. The molecule has 0 N–H and O–H groups in total. The highest BCUT2D eigenvalue weighted by atomic mass is 127. The van der Waals surface area contributed by atoms with Crippen LogP contribution in [0.4, 0.5) is 4.39 Å². The van der Waals surface area contributed by atoms with Crippen molar-refractivity contribution < 1.29 is 23.2 Å². The molecule has 0 radical (unpaired) electrons. The Morgan fingerprint density at radius 3 is 2.54 bits per heavy atom. The number of carbonyl (C=O) groups is 1. The van der Waals surface area contributed by atoms with E-state index in [0.29, 0.717) is 34.8 Å². The van der Waals surface area contributed by atoms with Crippen LogP contribution in [0, 0.1) is 6.92 Å². The summed E-state index contributed by atoms with van der Waals surface area (Å²) in [5.74, 6) is 2.64. The second-order valence-electron chi connectivity index (χ2n) is 8.86. The van der Waals surface area contributed by atoms with Crippen LogP contribution in [-0.2, 0) is 0 Å². The first-order valence-corrected chi connectivity index (χ1v) is 16.8. The van der Waals surface area contributed by atoms with Crippen molar-refractivity contribution in [3.05, 3.63) is 82.7 Å². The van der Waals surface area contributed by atoms with Crippen molar-refractivity contribution in [3.63, 3.8) is 0 Å². The Morgan fingerprint density at radius 2 is 1.81 bits per heavy atom. The number of likely N-dealkylation sites (tertiary alicyclic amines) is 1. The van der Waals surface area contributed by atoms with Crippen LogP contribution in [0.1, 0.15) is 27.2 Å². The third-order valence-electron chi connectivity index (χ3n) is 6.25. The minimum absolute atomic E-state index is 0.0604. The minimum Gasteiger partial charge on any atom is -0.488 e. The van der Waals surface area contributed by atoms with Gasteiger partial charge in [-0.05, 0) is 83.4 Å². The van der Waals surface area contributed by atoms with Gasteiger partial charge in [-0.2, -0.15) is 0 Å². The molecule has 1 aliphatic heterocycles. The number of ketones is 1. The molecule has 1 unspecified atom stereocenters. The molecule has 3 aromatic carbocycles. The van der Waals surface area contributed by atoms with Gasteiger partial charge in [0.2, 0.25) is 5.78 Å². The van der Waals surface area contributed by atoms with Gasteiger partial charge in [-0.15, -0.1) is 11.3 Å². The van der Waals surface area contributed by atoms with Gasteiger partial charge in [0.25, 0.3) is 0 Å². The predicted molar refractivity (Wildman–Crippen MR) is 157 cm³/mol. The Balaban J connectivity index is 1.38. The van der Waals surface area contributed by atoms with Gasteiger partial charge >= 0.3 is 0 Å². The maximum absolute atomic E-state index is 13.6. The van der Waals surface area contributed by atoms with Crippen LogP contribution < -0.4 is 14.0 Å². The van der Waals surface area contributed by atoms with Crippen LogP contribution in [-0.4, -0.2) is 43.1 Å². The van der Waals surface area contributed by atoms with E-state index in [1.807, 2.05) is 73.7 Å². The molecule has 9 heteroatoms. The Morgan fingerprint density at radius 1 is 1.08 bits per heavy atom. The molecule has 0 bridgehead atoms. The van der Waals surface area contributed by atoms with Crippen LogP contribution in [0.15, 0.2) is 66.7 Å². The summed E-state index contributed by atoms with van der Waals surface area (Å²) in [5, 5.41) is 0.870. The average Bonchev–Trinajstić information content (AvgIpc) is 3.24. The van der Waals surface area contributed by atoms with E-state index in [2.05, 4.69) is 26.9 Å². The summed E-state index contributed by atoms with van der Waals surface area (Å²) in [5.41, 5.74) is 1.58. The molecule has 1 saturated heterocycles. The number of rotatable bonds is 11. The molecule has 0 spiro atoms. The summed E-state index contributed by atoms with van der Waals surface area (Å²) in [6.07, 6.45) is 0.683. The third kappa shape index (κ3) is 6.08. The summed E-state index contributed by atoms with van der Waals surface area (Å²) >= 11 is 3.61. The Bertz CT molecular complexity index is 1390. The molecule has 1 atom stereocenters. The van der Waals surface area contributed by atoms with Crippen LogP contribution in [0.3, 0.4) is 0 Å². The topological polar surface area (TPSA) is 48.0 Å². The van der Waals surface area contributed by atoms with E-state index in [1.54, 1.807) is 0 Å². The molecular formula is C28H26FINO4PS. The Labute approximate surface area is 234 Å². The van der Waals surface area contributed by atoms with Gasteiger partial charge in [0, 0.05) is 35.3 Å². The lowest BCUT2D eigenvalue weighted by Crippen LogP contribution is -2.53. The molecule has 1 aliphatic rings. The first kappa shape index (κ1) is 26.4. The Hall–Kier alpha value is -2.26. The van der Waals surface area contributed by atoms with Crippen LogP contribution in [0.25, 0.3) is 10.1 Å². The molecule has 0 amide bonds. The summed E-state index contributed by atoms with van der Waals surface area (Å²) in [4.78, 5) is 16.4. The number of hydrogen-bond donors (Lipinski definition) is 0. The zero-order chi connectivity index (χ0) is 25.8. The number of ether oxygens (including phenoxy) is 2. The fraction of sp³-hybridized carbons (Fsp3) is 0.250. The number of benzene rings is 3. The van der Waals surface area contributed by atoms with E-state index < -0.39 is 0 Å². The van der Waals surface area contributed by atoms with Gasteiger partial charge in [0.05, 0.1) is 6.67 Å². The molecule has 4 aromatic rings. The van der Waals surface area contributed by atoms with Crippen molar-refractivity contribution in [3.8, 4) is 23.0 Å². The van der Waals surface area contributed by atoms with Gasteiger partial charge in [0.15, 0.2) is 5.75 Å². The number of carbonyl (C=O) groups excluding carboxylic acids is 1. The zero-order valence-corrected chi connectivity index (χ0v) is 24.2. The van der Waals surface area contributed by atoms with Gasteiger partial charge in [-0.3, -0.25) is 14.1 Å². The smallest absolute Gasteiger partial charge is 0.207 e. The first-order valence-electron chi connectivity index (χ1n) is 12.0. The number of fused-ring (bicyclic) bond motifs is 1. The lowest BCUT2D eigenvalue weighted by molar-refractivity contribution is 0.0184. The number of hydrogen-bond acceptors (Lipinski definition) is 6. The van der Waals surface area contributed by atoms with Gasteiger partial charge < -0.3 is 14.0 Å². The summed E-state index contributed by atoms with van der Waals surface area (Å²) < 4.78 is 31.4. The predicted octanol–water partition coefficient (Wildman–Crippen LogP) is 7.98. The lowest BCUT2D eigenvalue weighted by atomic mass is 10.0. The standard InChI is InChI=1S/C28H26FINO4PS/c1-18-5-2-3-6-23(18)26(32)28-27(24-12-11-21(35-36-30)15-25(24)37-28)34-20-9-7-19(8-10-20)33-22-16-31(17-22)14-4-13-29/h2-3,5-12,15,22,36H,4,13-14,16-17H2,1H3. The molecule has 1 fully saturated rings. The maximum atomic E-state index is 13.6. The van der Waals surface area contributed by atoms with Crippen LogP contribution in [0.5, 0.6) is 23.0 Å². The summed E-state index contributed by atoms with van der Waals surface area (Å²) in [6, 6.07) is 20.9. The SMILES string of the molecule is Cc1ccccc1C(=O)c1sc2cc(OPI)ccc2c1Oc1ccc(OC2CN(CCCF)C2)cc1. The Kier molecular flexibility index (Phi) is 8.60. The highest BCUT2D eigenvalue weighted by molar-refractivity contribution is 14.2. The van der Waals surface area contributed by atoms with E-state index >= 15 is 0 Å². The van der Waals surface area contributed by atoms with Crippen molar-refractivity contribution in [2.75, 3.05) is 26.3 Å². The molecular weight excluding hydrogens is 623 g/mol. The van der Waals surface area contributed by atoms with Crippen molar-refractivity contribution in [1.29, 1.82) is 0 Å². The maximum Gasteiger partial charge on any atom is 0.207 e. The second-order valence-corrected chi connectivity index (χ2v) is 11.6. The molecule has 0 saturated carbocycles. The van der Waals surface area contributed by atoms with E-state index in [1.165, 1.54) is 11.3 Å². The van der Waals surface area contributed by atoms with Gasteiger partial charge in [-0.25, -0.2) is 0 Å². The number of alkyl halides is 1. The fourth-order valence-electron chi connectivity index (χ4n) is 4.32. The lowest BCUT2D eigenvalue weighted by Gasteiger charge is -2.38. The first-order chi connectivity index (χ1) is 18.1. The van der Waals surface area contributed by atoms with Crippen molar-refractivity contribution >= 4 is 55.7 Å². The number of halogens is 2. The van der Waals surface area contributed by atoms with E-state index in [0.717, 1.165) is 46.8 Å². The normalized spacial score (nSPS) is 14.2. The summed E-state index contributed by atoms with van der Waals surface area (Å²) in [6.45, 7) is 4.36. The highest BCUT2D eigenvalue weighted by Crippen LogP contribution is 2.44. The second kappa shape index (κ2) is 12.1. The molecule has 1 aromatic heterocycles. The zero-order valence-electron chi connectivity index (χ0n) is 20.2. The number of thiophene rings is 1. The van der Waals surface area contributed by atoms with E-state index in [-0.39, 0.29) is 18.6 Å². The van der Waals surface area contributed by atoms with Gasteiger partial charge in [0.1, 0.15) is 34.7 Å². The van der Waals surface area contributed by atoms with Crippen LogP contribution in [0.2, 0.25) is 0 Å². The number of aryl methyl sites for hydroxylation is 1. The molecule has 192 valence electrons. The molecule has 2 heterocycles. The summed E-state index contributed by atoms with van der Waals surface area (Å²) in [7, 11) is 0. The van der Waals surface area contributed by atoms with Crippen LogP contribution >= 0.6 is 39.8 Å². The minimum atomic E-state index is -0.283. The molecule has 0 aliphatic carbocycles. The van der Waals surface area contributed by atoms with Crippen molar-refractivity contribution in [1.82, 2.24) is 4.90 Å². The molecule has 5 nitrogen and oxygen atoms in total. The van der Waals surface area contributed by atoms with Crippen molar-refractivity contribution in [2.45, 2.75) is 19.4 Å². The van der Waals surface area contributed by atoms with Crippen molar-refractivity contribution in [2.24, 2.45) is 0 Å². The third-order valence-corrected chi connectivity index (χ3v) is 8.35. The molecule has 37 heavy (non-hydrogen) atoms.